The monoisotopic (exact) mass is 265 g/mol. The molecule has 4 heterocycles. The Hall–Kier alpha value is -2.56. The minimum absolute atomic E-state index is 0.357. The van der Waals surface area contributed by atoms with Gasteiger partial charge in [-0.05, 0) is 20.2 Å². The molecule has 0 bridgehead atoms. The van der Waals surface area contributed by atoms with Crippen LogP contribution in [0.15, 0.2) is 9.26 Å². The number of anilines is 1. The highest BCUT2D eigenvalue weighted by Crippen LogP contribution is 2.16. The second-order valence-corrected chi connectivity index (χ2v) is 3.97. The molecular formula is C8H9N8O3+. The molecule has 98 valence electrons. The normalized spacial score (nSPS) is 16.3. The largest absolute Gasteiger partial charge is 0.463 e. The third-order valence-electron chi connectivity index (χ3n) is 2.84. The number of rotatable bonds is 2. The second-order valence-electron chi connectivity index (χ2n) is 3.97. The first-order chi connectivity index (χ1) is 9.42. The fraction of sp³-hybridized carbons (Fsp3) is 0.500. The van der Waals surface area contributed by atoms with Crippen LogP contribution in [0.3, 0.4) is 0 Å². The van der Waals surface area contributed by atoms with Crippen LogP contribution in [0, 0.1) is 0 Å². The Balaban J connectivity index is 1.74. The minimum atomic E-state index is 0.357. The number of hydrogen-bond acceptors (Lipinski definition) is 9. The van der Waals surface area contributed by atoms with E-state index in [0.29, 0.717) is 36.1 Å². The summed E-state index contributed by atoms with van der Waals surface area (Å²) in [6, 6.07) is 0. The summed E-state index contributed by atoms with van der Waals surface area (Å²) in [5.41, 5.74) is 0.784. The molecule has 0 spiro atoms. The van der Waals surface area contributed by atoms with Crippen LogP contribution < -0.4 is 9.70 Å². The van der Waals surface area contributed by atoms with E-state index in [-0.39, 0.29) is 0 Å². The fourth-order valence-corrected chi connectivity index (χ4v) is 1.93. The van der Waals surface area contributed by atoms with Gasteiger partial charge in [0.1, 0.15) is 0 Å². The molecule has 1 aliphatic heterocycles. The molecule has 0 aromatic carbocycles. The lowest BCUT2D eigenvalue weighted by Gasteiger charge is -2.24. The highest BCUT2D eigenvalue weighted by Gasteiger charge is 2.31. The predicted molar refractivity (Wildman–Crippen MR) is 56.4 cm³/mol. The molecular weight excluding hydrogens is 256 g/mol. The van der Waals surface area contributed by atoms with E-state index in [1.54, 1.807) is 0 Å². The van der Waals surface area contributed by atoms with Crippen molar-refractivity contribution in [1.82, 2.24) is 30.8 Å². The van der Waals surface area contributed by atoms with Crippen LogP contribution in [-0.2, 0) is 4.74 Å². The molecule has 0 atom stereocenters. The average Bonchev–Trinajstić information content (AvgIpc) is 3.14. The van der Waals surface area contributed by atoms with Crippen molar-refractivity contribution in [2.75, 3.05) is 31.2 Å². The van der Waals surface area contributed by atoms with Crippen molar-refractivity contribution in [3.05, 3.63) is 0 Å². The number of aromatic nitrogens is 7. The van der Waals surface area contributed by atoms with E-state index in [4.69, 9.17) is 9.37 Å². The van der Waals surface area contributed by atoms with Crippen LogP contribution in [0.2, 0.25) is 0 Å². The summed E-state index contributed by atoms with van der Waals surface area (Å²) in [6.07, 6.45) is 0. The van der Waals surface area contributed by atoms with Crippen LogP contribution in [-0.4, -0.2) is 57.1 Å². The Bertz CT molecular complexity index is 667. The number of hydrogen-bond donors (Lipinski definition) is 1. The summed E-state index contributed by atoms with van der Waals surface area (Å²) in [5, 5.41) is 22.1. The van der Waals surface area contributed by atoms with Gasteiger partial charge >= 0.3 is 5.82 Å². The van der Waals surface area contributed by atoms with Crippen LogP contribution in [0.1, 0.15) is 0 Å². The Morgan fingerprint density at radius 3 is 2.74 bits per heavy atom. The van der Waals surface area contributed by atoms with Crippen molar-refractivity contribution in [3.8, 4) is 5.82 Å². The second kappa shape index (κ2) is 3.98. The number of morpholine rings is 1. The Kier molecular flexibility index (Phi) is 2.17. The zero-order chi connectivity index (χ0) is 12.7. The van der Waals surface area contributed by atoms with E-state index in [1.807, 2.05) is 4.90 Å². The molecule has 11 nitrogen and oxygen atoms in total. The summed E-state index contributed by atoms with van der Waals surface area (Å²) in [4.78, 5) is 3.42. The van der Waals surface area contributed by atoms with Gasteiger partial charge in [-0.25, -0.2) is 4.63 Å². The van der Waals surface area contributed by atoms with Crippen LogP contribution in [0.4, 0.5) is 5.82 Å². The zero-order valence-electron chi connectivity index (χ0n) is 9.68. The first kappa shape index (κ1) is 10.4. The average molecular weight is 265 g/mol. The highest BCUT2D eigenvalue weighted by atomic mass is 16.6. The summed E-state index contributed by atoms with van der Waals surface area (Å²) in [7, 11) is 0. The molecule has 1 saturated heterocycles. The fourth-order valence-electron chi connectivity index (χ4n) is 1.93. The molecule has 19 heavy (non-hydrogen) atoms. The summed E-state index contributed by atoms with van der Waals surface area (Å²) >= 11 is 0. The molecule has 11 heteroatoms. The number of fused-ring (bicyclic) bond motifs is 1. The Morgan fingerprint density at radius 1 is 1.05 bits per heavy atom. The SMILES string of the molecule is C1CN(c2nonc2-[n+]2nc3nonc3[nH]2)CCO1. The maximum atomic E-state index is 5.30. The maximum absolute atomic E-state index is 5.30. The van der Waals surface area contributed by atoms with E-state index < -0.39 is 0 Å². The molecule has 0 amide bonds. The van der Waals surface area contributed by atoms with Crippen molar-refractivity contribution < 1.29 is 18.8 Å². The topological polar surface area (TPSA) is 123 Å². The first-order valence-electron chi connectivity index (χ1n) is 5.68. The Labute approximate surface area is 105 Å². The molecule has 0 saturated carbocycles. The predicted octanol–water partition coefficient (Wildman–Crippen LogP) is -1.56. The molecule has 4 rings (SSSR count). The summed E-state index contributed by atoms with van der Waals surface area (Å²) in [5.74, 6) is 1.04. The maximum Gasteiger partial charge on any atom is 0.463 e. The molecule has 3 aromatic heterocycles. The van der Waals surface area contributed by atoms with E-state index in [9.17, 15) is 0 Å². The number of aromatic amines is 1. The van der Waals surface area contributed by atoms with Gasteiger partial charge in [0.2, 0.25) is 0 Å². The van der Waals surface area contributed by atoms with Crippen LogP contribution in [0.25, 0.3) is 17.1 Å². The van der Waals surface area contributed by atoms with E-state index in [0.717, 1.165) is 13.1 Å². The summed E-state index contributed by atoms with van der Waals surface area (Å²) in [6.45, 7) is 2.73. The molecule has 0 radical (unpaired) electrons. The molecule has 0 unspecified atom stereocenters. The quantitative estimate of drug-likeness (QED) is 0.548. The number of ether oxygens (including phenoxy) is 1. The number of nitrogens with zero attached hydrogens (tertiary/aromatic N) is 7. The van der Waals surface area contributed by atoms with Gasteiger partial charge in [-0.2, -0.15) is 5.10 Å². The number of nitrogens with one attached hydrogen (secondary N) is 1. The molecule has 0 aliphatic carbocycles. The molecule has 1 aliphatic rings. The number of H-pyrrole nitrogens is 1. The Morgan fingerprint density at radius 2 is 1.89 bits per heavy atom. The van der Waals surface area contributed by atoms with Crippen molar-refractivity contribution in [1.29, 1.82) is 0 Å². The van der Waals surface area contributed by atoms with Crippen LogP contribution >= 0.6 is 0 Å². The van der Waals surface area contributed by atoms with Gasteiger partial charge in [0.05, 0.1) is 13.2 Å². The van der Waals surface area contributed by atoms with Crippen molar-refractivity contribution >= 4 is 17.1 Å². The minimum Gasteiger partial charge on any atom is -0.378 e. The van der Waals surface area contributed by atoms with Gasteiger partial charge in [0.25, 0.3) is 17.1 Å². The van der Waals surface area contributed by atoms with Gasteiger partial charge in [-0.1, -0.05) is 0 Å². The van der Waals surface area contributed by atoms with Gasteiger partial charge in [-0.15, -0.1) is 4.63 Å². The van der Waals surface area contributed by atoms with Crippen LogP contribution in [0.5, 0.6) is 0 Å². The highest BCUT2D eigenvalue weighted by molar-refractivity contribution is 5.60. The molecule has 1 fully saturated rings. The van der Waals surface area contributed by atoms with E-state index in [2.05, 4.69) is 35.5 Å². The van der Waals surface area contributed by atoms with Gasteiger partial charge in [-0.3, -0.25) is 0 Å². The third-order valence-corrected chi connectivity index (χ3v) is 2.84. The van der Waals surface area contributed by atoms with Crippen molar-refractivity contribution in [3.63, 3.8) is 0 Å². The lowest BCUT2D eigenvalue weighted by Crippen LogP contribution is -2.42. The lowest BCUT2D eigenvalue weighted by atomic mass is 10.4. The molecule has 3 aromatic rings. The molecule has 1 N–H and O–H groups in total. The van der Waals surface area contributed by atoms with E-state index >= 15 is 0 Å². The van der Waals surface area contributed by atoms with Gasteiger partial charge in [0.15, 0.2) is 5.16 Å². The standard InChI is InChI=1S/C8H9N8O3/c1-3-17-4-2-15(1)7-8(14-19-13-7)16-9-5-6(10-16)12-18-11-5/h1-4H2,(H,9,10,11,12)/q+1. The van der Waals surface area contributed by atoms with Crippen molar-refractivity contribution in [2.45, 2.75) is 0 Å². The van der Waals surface area contributed by atoms with Gasteiger partial charge < -0.3 is 9.64 Å². The van der Waals surface area contributed by atoms with Crippen molar-refractivity contribution in [2.24, 2.45) is 0 Å². The first-order valence-corrected chi connectivity index (χ1v) is 5.68. The summed E-state index contributed by atoms with van der Waals surface area (Å²) < 4.78 is 14.6. The smallest absolute Gasteiger partial charge is 0.378 e. The lowest BCUT2D eigenvalue weighted by molar-refractivity contribution is -0.714. The van der Waals surface area contributed by atoms with E-state index in [1.165, 1.54) is 4.80 Å². The van der Waals surface area contributed by atoms with Gasteiger partial charge in [0, 0.05) is 18.2 Å². The zero-order valence-corrected chi connectivity index (χ0v) is 9.68. The third kappa shape index (κ3) is 1.62.